The molecule has 0 aliphatic carbocycles. The first-order valence-corrected chi connectivity index (χ1v) is 9.11. The van der Waals surface area contributed by atoms with E-state index in [1.807, 2.05) is 31.3 Å². The number of benzene rings is 1. The van der Waals surface area contributed by atoms with Gasteiger partial charge in [0, 0.05) is 10.0 Å². The number of nitriles is 1. The number of hydrogen-bond acceptors (Lipinski definition) is 5. The van der Waals surface area contributed by atoms with Crippen molar-refractivity contribution in [3.8, 4) is 6.07 Å². The monoisotopic (exact) mass is 408 g/mol. The molecule has 1 aromatic carbocycles. The van der Waals surface area contributed by atoms with Crippen molar-refractivity contribution in [3.05, 3.63) is 50.3 Å². The molecule has 126 valence electrons. The second kappa shape index (κ2) is 8.29. The van der Waals surface area contributed by atoms with Gasteiger partial charge in [-0.3, -0.25) is 0 Å². The fourth-order valence-corrected chi connectivity index (χ4v) is 3.65. The molecule has 24 heavy (non-hydrogen) atoms. The number of thiophene rings is 1. The number of nitrogens with two attached hydrogens (primary N) is 1. The predicted molar refractivity (Wildman–Crippen MR) is 97.8 cm³/mol. The van der Waals surface area contributed by atoms with Gasteiger partial charge in [0.05, 0.1) is 24.8 Å². The molecule has 2 aromatic rings. The number of quaternary nitrogens is 1. The summed E-state index contributed by atoms with van der Waals surface area (Å²) in [5.41, 5.74) is 8.14. The van der Waals surface area contributed by atoms with Crippen LogP contribution in [0.1, 0.15) is 33.3 Å². The molecule has 1 atom stereocenters. The fraction of sp³-hybridized carbons (Fsp3) is 0.294. The molecule has 3 N–H and O–H groups in total. The molecule has 1 heterocycles. The van der Waals surface area contributed by atoms with Gasteiger partial charge in [-0.2, -0.15) is 5.26 Å². The zero-order valence-electron chi connectivity index (χ0n) is 13.6. The van der Waals surface area contributed by atoms with Crippen LogP contribution in [0.2, 0.25) is 0 Å². The fourth-order valence-electron chi connectivity index (χ4n) is 2.45. The summed E-state index contributed by atoms with van der Waals surface area (Å²) in [5, 5.41) is 9.74. The maximum Gasteiger partial charge on any atom is 0.348 e. The lowest BCUT2D eigenvalue weighted by atomic mass is 10.1. The molecule has 2 rings (SSSR count). The third kappa shape index (κ3) is 4.35. The first-order valence-electron chi connectivity index (χ1n) is 7.50. The average molecular weight is 409 g/mol. The SMILES string of the molecule is CCOC(=O)c1sc(N)c(C#N)c1C[NH+](C)Cc1ccc(Br)cc1. The highest BCUT2D eigenvalue weighted by Gasteiger charge is 2.25. The number of rotatable bonds is 6. The van der Waals surface area contributed by atoms with E-state index in [-0.39, 0.29) is 0 Å². The highest BCUT2D eigenvalue weighted by atomic mass is 79.9. The van der Waals surface area contributed by atoms with Gasteiger partial charge in [0.25, 0.3) is 0 Å². The number of carbonyl (C=O) groups is 1. The van der Waals surface area contributed by atoms with Gasteiger partial charge < -0.3 is 15.4 Å². The molecule has 0 saturated heterocycles. The van der Waals surface area contributed by atoms with Gasteiger partial charge in [0.2, 0.25) is 0 Å². The molecule has 0 radical (unpaired) electrons. The summed E-state index contributed by atoms with van der Waals surface area (Å²) >= 11 is 4.55. The van der Waals surface area contributed by atoms with Crippen LogP contribution in [0.15, 0.2) is 28.7 Å². The van der Waals surface area contributed by atoms with Gasteiger partial charge in [0.15, 0.2) is 0 Å². The van der Waals surface area contributed by atoms with Crippen LogP contribution in [0.25, 0.3) is 0 Å². The van der Waals surface area contributed by atoms with E-state index in [0.29, 0.717) is 34.2 Å². The average Bonchev–Trinajstić information content (AvgIpc) is 2.85. The van der Waals surface area contributed by atoms with Crippen molar-refractivity contribution < 1.29 is 14.4 Å². The van der Waals surface area contributed by atoms with Crippen LogP contribution in [0.3, 0.4) is 0 Å². The summed E-state index contributed by atoms with van der Waals surface area (Å²) in [6, 6.07) is 10.2. The molecular formula is C17H19BrN3O2S+. The highest BCUT2D eigenvalue weighted by Crippen LogP contribution is 2.30. The Labute approximate surface area is 153 Å². The lowest BCUT2D eigenvalue weighted by molar-refractivity contribution is -0.907. The summed E-state index contributed by atoms with van der Waals surface area (Å²) in [4.78, 5) is 13.7. The maximum absolute atomic E-state index is 12.1. The van der Waals surface area contributed by atoms with E-state index in [1.54, 1.807) is 6.92 Å². The van der Waals surface area contributed by atoms with Crippen molar-refractivity contribution in [2.45, 2.75) is 20.0 Å². The summed E-state index contributed by atoms with van der Waals surface area (Å²) in [6.45, 7) is 3.35. The molecule has 1 unspecified atom stereocenters. The number of nitrogens with zero attached hydrogens (tertiary/aromatic N) is 1. The summed E-state index contributed by atoms with van der Waals surface area (Å²) in [5.74, 6) is -0.415. The quantitative estimate of drug-likeness (QED) is 0.718. The Kier molecular flexibility index (Phi) is 6.37. The number of nitrogens with one attached hydrogen (secondary N) is 1. The van der Waals surface area contributed by atoms with Gasteiger partial charge in [-0.1, -0.05) is 28.1 Å². The first kappa shape index (κ1) is 18.5. The highest BCUT2D eigenvalue weighted by molar-refractivity contribution is 9.10. The van der Waals surface area contributed by atoms with Crippen LogP contribution in [0, 0.1) is 11.3 Å². The molecule has 0 aliphatic rings. The van der Waals surface area contributed by atoms with E-state index in [1.165, 1.54) is 5.56 Å². The van der Waals surface area contributed by atoms with E-state index >= 15 is 0 Å². The summed E-state index contributed by atoms with van der Waals surface area (Å²) in [6.07, 6.45) is 0. The number of nitrogen functional groups attached to an aromatic ring is 1. The Morgan fingerprint density at radius 2 is 2.04 bits per heavy atom. The van der Waals surface area contributed by atoms with Crippen LogP contribution in [0.4, 0.5) is 5.00 Å². The Hall–Kier alpha value is -1.88. The standard InChI is InChI=1S/C17H18BrN3O2S/c1-3-23-17(22)15-14(13(8-19)16(20)24-15)10-21(2)9-11-4-6-12(18)7-5-11/h4-7H,3,9-10,20H2,1-2H3/p+1. The van der Waals surface area contributed by atoms with E-state index in [9.17, 15) is 10.1 Å². The van der Waals surface area contributed by atoms with Crippen molar-refractivity contribution in [2.75, 3.05) is 19.4 Å². The molecular weight excluding hydrogens is 390 g/mol. The van der Waals surface area contributed by atoms with Gasteiger partial charge >= 0.3 is 5.97 Å². The first-order chi connectivity index (χ1) is 11.5. The van der Waals surface area contributed by atoms with Gasteiger partial charge in [0.1, 0.15) is 29.0 Å². The van der Waals surface area contributed by atoms with E-state index in [0.717, 1.165) is 27.3 Å². The molecule has 0 saturated carbocycles. The van der Waals surface area contributed by atoms with E-state index < -0.39 is 5.97 Å². The Morgan fingerprint density at radius 1 is 1.38 bits per heavy atom. The topological polar surface area (TPSA) is 80.5 Å². The number of halogens is 1. The smallest absolute Gasteiger partial charge is 0.348 e. The van der Waals surface area contributed by atoms with Crippen molar-refractivity contribution in [1.82, 2.24) is 0 Å². The lowest BCUT2D eigenvalue weighted by Gasteiger charge is -2.15. The predicted octanol–water partition coefficient (Wildman–Crippen LogP) is 2.36. The van der Waals surface area contributed by atoms with Crippen LogP contribution < -0.4 is 10.6 Å². The molecule has 0 spiro atoms. The molecule has 0 bridgehead atoms. The lowest BCUT2D eigenvalue weighted by Crippen LogP contribution is -3.06. The zero-order chi connectivity index (χ0) is 17.7. The number of anilines is 1. The Bertz CT molecular complexity index is 765. The van der Waals surface area contributed by atoms with E-state index in [4.69, 9.17) is 10.5 Å². The van der Waals surface area contributed by atoms with Crippen molar-refractivity contribution in [2.24, 2.45) is 0 Å². The van der Waals surface area contributed by atoms with Crippen LogP contribution in [0.5, 0.6) is 0 Å². The molecule has 5 nitrogen and oxygen atoms in total. The zero-order valence-corrected chi connectivity index (χ0v) is 16.0. The molecule has 1 aromatic heterocycles. The summed E-state index contributed by atoms with van der Waals surface area (Å²) < 4.78 is 6.12. The third-order valence-corrected chi connectivity index (χ3v) is 5.07. The van der Waals surface area contributed by atoms with Gasteiger partial charge in [-0.15, -0.1) is 11.3 Å². The third-order valence-electron chi connectivity index (χ3n) is 3.50. The van der Waals surface area contributed by atoms with Gasteiger partial charge in [-0.05, 0) is 19.1 Å². The summed E-state index contributed by atoms with van der Waals surface area (Å²) in [7, 11) is 2.02. The Morgan fingerprint density at radius 3 is 2.62 bits per heavy atom. The van der Waals surface area contributed by atoms with Crippen molar-refractivity contribution in [1.29, 1.82) is 5.26 Å². The number of hydrogen-bond donors (Lipinski definition) is 2. The number of ether oxygens (including phenoxy) is 1. The van der Waals surface area contributed by atoms with Crippen LogP contribution >= 0.6 is 27.3 Å². The van der Waals surface area contributed by atoms with E-state index in [2.05, 4.69) is 22.0 Å². The normalized spacial score (nSPS) is 11.8. The minimum Gasteiger partial charge on any atom is -0.462 e. The maximum atomic E-state index is 12.1. The molecule has 0 aliphatic heterocycles. The minimum absolute atomic E-state index is 0.291. The second-order valence-electron chi connectivity index (χ2n) is 5.42. The minimum atomic E-state index is -0.415. The van der Waals surface area contributed by atoms with Crippen molar-refractivity contribution in [3.63, 3.8) is 0 Å². The largest absolute Gasteiger partial charge is 0.462 e. The number of esters is 1. The number of carbonyl (C=O) groups excluding carboxylic acids is 1. The molecule has 7 heteroatoms. The second-order valence-corrected chi connectivity index (χ2v) is 7.39. The van der Waals surface area contributed by atoms with Crippen molar-refractivity contribution >= 4 is 38.2 Å². The van der Waals surface area contributed by atoms with Gasteiger partial charge in [-0.25, -0.2) is 4.79 Å². The van der Waals surface area contributed by atoms with Crippen LogP contribution in [-0.4, -0.2) is 19.6 Å². The molecule has 0 fully saturated rings. The molecule has 0 amide bonds. The van der Waals surface area contributed by atoms with Crippen LogP contribution in [-0.2, 0) is 17.8 Å². The Balaban J connectivity index is 2.22.